The van der Waals surface area contributed by atoms with Crippen LogP contribution in [0.4, 0.5) is 0 Å². The van der Waals surface area contributed by atoms with E-state index in [0.29, 0.717) is 18.1 Å². The van der Waals surface area contributed by atoms with Crippen molar-refractivity contribution in [3.8, 4) is 5.75 Å². The second-order valence-electron chi connectivity index (χ2n) is 8.64. The van der Waals surface area contributed by atoms with Crippen molar-refractivity contribution >= 4 is 15.9 Å². The molecule has 1 aliphatic carbocycles. The zero-order valence-corrected chi connectivity index (χ0v) is 20.2. The van der Waals surface area contributed by atoms with Crippen molar-refractivity contribution in [2.24, 2.45) is 11.8 Å². The number of rotatable bonds is 12. The number of nitrogens with zero attached hydrogens (tertiary/aromatic N) is 1. The molecule has 184 valence electrons. The molecular weight excluding hydrogens is 448 g/mol. The van der Waals surface area contributed by atoms with Crippen molar-refractivity contribution in [2.45, 2.75) is 50.3 Å². The normalized spacial score (nSPS) is 21.0. The largest absolute Gasteiger partial charge is 0.497 e. The predicted molar refractivity (Wildman–Crippen MR) is 122 cm³/mol. The lowest BCUT2D eigenvalue weighted by Crippen LogP contribution is -2.38. The van der Waals surface area contributed by atoms with Crippen LogP contribution in [0.5, 0.6) is 5.75 Å². The standard InChI is InChI=1S/C23H34N2O7S/c1-16(2)17-14-21(23(27)24-18-4-5-18)32-22(15-17)31-13-11-25(10-12-26)33(28,29)20-8-6-19(30-3)7-9-20/h6-9,14,16-18,22,26H,4-5,10-13,15H2,1-3H3,(H,24,27)/t17-,22+/m1/s1. The number of amides is 1. The number of nitrogens with one attached hydrogen (secondary N) is 1. The maximum atomic E-state index is 13.0. The molecule has 0 radical (unpaired) electrons. The van der Waals surface area contributed by atoms with Gasteiger partial charge in [-0.3, -0.25) is 4.79 Å². The van der Waals surface area contributed by atoms with E-state index in [-0.39, 0.29) is 54.8 Å². The van der Waals surface area contributed by atoms with Crippen molar-refractivity contribution in [1.29, 1.82) is 0 Å². The monoisotopic (exact) mass is 482 g/mol. The van der Waals surface area contributed by atoms with E-state index in [4.69, 9.17) is 14.2 Å². The van der Waals surface area contributed by atoms with Gasteiger partial charge in [-0.15, -0.1) is 0 Å². The van der Waals surface area contributed by atoms with Gasteiger partial charge in [-0.2, -0.15) is 4.31 Å². The van der Waals surface area contributed by atoms with E-state index in [9.17, 15) is 18.3 Å². The molecule has 10 heteroatoms. The van der Waals surface area contributed by atoms with Crippen LogP contribution in [0.1, 0.15) is 33.1 Å². The van der Waals surface area contributed by atoms with Gasteiger partial charge in [0.05, 0.1) is 25.2 Å². The molecule has 1 aromatic carbocycles. The molecule has 1 amide bonds. The van der Waals surface area contributed by atoms with Gasteiger partial charge in [-0.25, -0.2) is 8.42 Å². The minimum Gasteiger partial charge on any atom is -0.497 e. The molecule has 2 atom stereocenters. The molecule has 0 saturated heterocycles. The number of benzene rings is 1. The maximum absolute atomic E-state index is 13.0. The highest BCUT2D eigenvalue weighted by atomic mass is 32.2. The summed E-state index contributed by atoms with van der Waals surface area (Å²) in [7, 11) is -2.32. The molecule has 0 aromatic heterocycles. The third-order valence-electron chi connectivity index (χ3n) is 5.77. The molecule has 1 heterocycles. The molecule has 1 saturated carbocycles. The Morgan fingerprint density at radius 1 is 1.24 bits per heavy atom. The number of sulfonamides is 1. The van der Waals surface area contributed by atoms with Crippen LogP contribution >= 0.6 is 0 Å². The van der Waals surface area contributed by atoms with Crippen LogP contribution in [0.3, 0.4) is 0 Å². The number of hydrogen-bond donors (Lipinski definition) is 2. The number of carbonyl (C=O) groups excluding carboxylic acids is 1. The number of ether oxygens (including phenoxy) is 3. The highest BCUT2D eigenvalue weighted by Crippen LogP contribution is 2.29. The van der Waals surface area contributed by atoms with E-state index in [2.05, 4.69) is 19.2 Å². The number of allylic oxidation sites excluding steroid dienone is 1. The number of methoxy groups -OCH3 is 1. The molecule has 9 nitrogen and oxygen atoms in total. The lowest BCUT2D eigenvalue weighted by molar-refractivity contribution is -0.150. The van der Waals surface area contributed by atoms with E-state index < -0.39 is 16.3 Å². The summed E-state index contributed by atoms with van der Waals surface area (Å²) in [5, 5.41) is 12.3. The second-order valence-corrected chi connectivity index (χ2v) is 10.6. The molecule has 2 N–H and O–H groups in total. The van der Waals surface area contributed by atoms with Crippen molar-refractivity contribution in [1.82, 2.24) is 9.62 Å². The summed E-state index contributed by atoms with van der Waals surface area (Å²) in [6, 6.07) is 6.29. The Kier molecular flexibility index (Phi) is 8.75. The first-order chi connectivity index (χ1) is 15.7. The Morgan fingerprint density at radius 3 is 2.52 bits per heavy atom. The van der Waals surface area contributed by atoms with Gasteiger partial charge in [-0.1, -0.05) is 13.8 Å². The van der Waals surface area contributed by atoms with E-state index in [1.54, 1.807) is 12.1 Å². The van der Waals surface area contributed by atoms with Gasteiger partial charge in [-0.05, 0) is 55.0 Å². The third-order valence-corrected chi connectivity index (χ3v) is 7.69. The minimum atomic E-state index is -3.82. The van der Waals surface area contributed by atoms with Crippen LogP contribution in [0, 0.1) is 11.8 Å². The summed E-state index contributed by atoms with van der Waals surface area (Å²) in [5.41, 5.74) is 0. The van der Waals surface area contributed by atoms with Gasteiger partial charge in [0, 0.05) is 25.6 Å². The average Bonchev–Trinajstić information content (AvgIpc) is 3.62. The quantitative estimate of drug-likeness (QED) is 0.467. The fourth-order valence-corrected chi connectivity index (χ4v) is 4.96. The highest BCUT2D eigenvalue weighted by molar-refractivity contribution is 7.89. The zero-order valence-electron chi connectivity index (χ0n) is 19.4. The van der Waals surface area contributed by atoms with E-state index >= 15 is 0 Å². The van der Waals surface area contributed by atoms with Crippen molar-refractivity contribution in [2.75, 3.05) is 33.4 Å². The number of hydrogen-bond acceptors (Lipinski definition) is 7. The molecule has 1 fully saturated rings. The molecular formula is C23H34N2O7S. The first-order valence-electron chi connectivity index (χ1n) is 11.3. The lowest BCUT2D eigenvalue weighted by Gasteiger charge is -2.31. The number of aliphatic hydroxyl groups excluding tert-OH is 1. The summed E-state index contributed by atoms with van der Waals surface area (Å²) in [6.07, 6.45) is 3.74. The molecule has 0 spiro atoms. The molecule has 1 aromatic rings. The predicted octanol–water partition coefficient (Wildman–Crippen LogP) is 1.88. The first kappa shape index (κ1) is 25.5. The third kappa shape index (κ3) is 6.92. The Labute approximate surface area is 195 Å². The van der Waals surface area contributed by atoms with Gasteiger partial charge in [0.15, 0.2) is 5.76 Å². The van der Waals surface area contributed by atoms with Gasteiger partial charge < -0.3 is 24.6 Å². The Balaban J connectivity index is 1.61. The Hall–Kier alpha value is -2.14. The number of carbonyl (C=O) groups is 1. The minimum absolute atomic E-state index is 0.0362. The Morgan fingerprint density at radius 2 is 1.94 bits per heavy atom. The molecule has 33 heavy (non-hydrogen) atoms. The first-order valence-corrected chi connectivity index (χ1v) is 12.7. The topological polar surface area (TPSA) is 114 Å². The van der Waals surface area contributed by atoms with Crippen LogP contribution in [-0.2, 0) is 24.3 Å². The van der Waals surface area contributed by atoms with Crippen LogP contribution < -0.4 is 10.1 Å². The van der Waals surface area contributed by atoms with Crippen molar-refractivity contribution in [3.05, 3.63) is 36.1 Å². The van der Waals surface area contributed by atoms with Crippen LogP contribution in [0.15, 0.2) is 41.0 Å². The van der Waals surface area contributed by atoms with E-state index in [1.165, 1.54) is 23.5 Å². The van der Waals surface area contributed by atoms with Crippen LogP contribution in [0.2, 0.25) is 0 Å². The fourth-order valence-electron chi connectivity index (χ4n) is 3.54. The maximum Gasteiger partial charge on any atom is 0.286 e. The van der Waals surface area contributed by atoms with Gasteiger partial charge in [0.1, 0.15) is 5.75 Å². The average molecular weight is 483 g/mol. The lowest BCUT2D eigenvalue weighted by atomic mass is 9.90. The smallest absolute Gasteiger partial charge is 0.286 e. The van der Waals surface area contributed by atoms with Crippen LogP contribution in [0.25, 0.3) is 0 Å². The highest BCUT2D eigenvalue weighted by Gasteiger charge is 2.32. The van der Waals surface area contributed by atoms with Gasteiger partial charge >= 0.3 is 0 Å². The SMILES string of the molecule is COc1ccc(S(=O)(=O)N(CCO)CCO[C@@H]2C[C@H](C(C)C)C=C(C(=O)NC3CC3)O2)cc1. The van der Waals surface area contributed by atoms with E-state index in [1.807, 2.05) is 6.08 Å². The summed E-state index contributed by atoms with van der Waals surface area (Å²) in [5.74, 6) is 0.982. The fraction of sp³-hybridized carbons (Fsp3) is 0.609. The summed E-state index contributed by atoms with van der Waals surface area (Å²) < 4.78 is 43.9. The summed E-state index contributed by atoms with van der Waals surface area (Å²) >= 11 is 0. The van der Waals surface area contributed by atoms with Crippen molar-refractivity contribution in [3.63, 3.8) is 0 Å². The number of aliphatic hydroxyl groups is 1. The summed E-state index contributed by atoms with van der Waals surface area (Å²) in [6.45, 7) is 3.86. The second kappa shape index (κ2) is 11.3. The van der Waals surface area contributed by atoms with Crippen LogP contribution in [-0.4, -0.2) is 69.5 Å². The zero-order chi connectivity index (χ0) is 24.0. The molecule has 2 aliphatic rings. The molecule has 3 rings (SSSR count). The van der Waals surface area contributed by atoms with Gasteiger partial charge in [0.2, 0.25) is 16.3 Å². The van der Waals surface area contributed by atoms with Gasteiger partial charge in [0.25, 0.3) is 5.91 Å². The van der Waals surface area contributed by atoms with E-state index in [0.717, 1.165) is 12.8 Å². The summed E-state index contributed by atoms with van der Waals surface area (Å²) in [4.78, 5) is 12.6. The Bertz CT molecular complexity index is 927. The van der Waals surface area contributed by atoms with Crippen molar-refractivity contribution < 1.29 is 32.5 Å². The molecule has 0 bridgehead atoms. The molecule has 0 unspecified atom stereocenters. The molecule has 1 aliphatic heterocycles.